The van der Waals surface area contributed by atoms with Crippen LogP contribution in [0.2, 0.25) is 0 Å². The zero-order chi connectivity index (χ0) is 15.0. The van der Waals surface area contributed by atoms with Crippen LogP contribution in [-0.2, 0) is 4.79 Å². The second-order valence-corrected chi connectivity index (χ2v) is 5.50. The molecule has 0 aliphatic carbocycles. The van der Waals surface area contributed by atoms with E-state index in [2.05, 4.69) is 24.5 Å². The molecule has 0 saturated heterocycles. The molecule has 1 unspecified atom stereocenters. The molecule has 1 rings (SSSR count). The van der Waals surface area contributed by atoms with Crippen molar-refractivity contribution < 1.29 is 9.53 Å². The van der Waals surface area contributed by atoms with E-state index in [9.17, 15) is 4.79 Å². The highest BCUT2D eigenvalue weighted by molar-refractivity contribution is 5.92. The Morgan fingerprint density at radius 2 is 1.81 bits per heavy atom. The van der Waals surface area contributed by atoms with Crippen LogP contribution in [0.4, 0.5) is 5.69 Å². The van der Waals surface area contributed by atoms with E-state index in [1.54, 1.807) is 0 Å². The molecule has 0 spiro atoms. The molecule has 1 atom stereocenters. The van der Waals surface area contributed by atoms with Gasteiger partial charge in [0, 0.05) is 18.2 Å². The van der Waals surface area contributed by atoms with Gasteiger partial charge in [0.25, 0.3) is 0 Å². The summed E-state index contributed by atoms with van der Waals surface area (Å²) in [5, 5.41) is 5.89. The first-order valence-corrected chi connectivity index (χ1v) is 7.21. The molecule has 2 N–H and O–H groups in total. The van der Waals surface area contributed by atoms with Gasteiger partial charge in [-0.3, -0.25) is 4.79 Å². The molecule has 5 heteroatoms. The first kappa shape index (κ1) is 19.7. The Morgan fingerprint density at radius 3 is 2.33 bits per heavy atom. The van der Waals surface area contributed by atoms with Crippen LogP contribution in [0, 0.1) is 11.8 Å². The van der Waals surface area contributed by atoms with Crippen molar-refractivity contribution in [2.24, 2.45) is 11.8 Å². The number of benzene rings is 1. The molecule has 1 aromatic carbocycles. The standard InChI is InChI=1S/C16H26N2O2.ClH/c1-12(2)9-10-20-15-7-5-14(6-8-15)18-16(19)13(3)11-17-4;/h5-8,12-13,17H,9-11H2,1-4H3,(H,18,19);1H. The van der Waals surface area contributed by atoms with Crippen molar-refractivity contribution >= 4 is 24.0 Å². The fraction of sp³-hybridized carbons (Fsp3) is 0.562. The second-order valence-electron chi connectivity index (χ2n) is 5.50. The van der Waals surface area contributed by atoms with Gasteiger partial charge in [-0.2, -0.15) is 0 Å². The van der Waals surface area contributed by atoms with Crippen molar-refractivity contribution in [3.63, 3.8) is 0 Å². The van der Waals surface area contributed by atoms with Crippen LogP contribution in [-0.4, -0.2) is 26.1 Å². The van der Waals surface area contributed by atoms with E-state index in [0.29, 0.717) is 12.5 Å². The second kappa shape index (κ2) is 10.5. The summed E-state index contributed by atoms with van der Waals surface area (Å²) in [5.74, 6) is 1.45. The number of carbonyl (C=O) groups is 1. The summed E-state index contributed by atoms with van der Waals surface area (Å²) < 4.78 is 5.64. The van der Waals surface area contributed by atoms with E-state index in [0.717, 1.165) is 24.5 Å². The Balaban J connectivity index is 0.00000400. The van der Waals surface area contributed by atoms with Crippen molar-refractivity contribution in [1.29, 1.82) is 0 Å². The number of anilines is 1. The lowest BCUT2D eigenvalue weighted by Crippen LogP contribution is -2.28. The van der Waals surface area contributed by atoms with Crippen molar-refractivity contribution in [3.8, 4) is 5.75 Å². The Labute approximate surface area is 134 Å². The van der Waals surface area contributed by atoms with Gasteiger partial charge in [-0.25, -0.2) is 0 Å². The number of hydrogen-bond donors (Lipinski definition) is 2. The predicted octanol–water partition coefficient (Wildman–Crippen LogP) is 3.33. The van der Waals surface area contributed by atoms with E-state index in [-0.39, 0.29) is 24.2 Å². The molecule has 120 valence electrons. The highest BCUT2D eigenvalue weighted by atomic mass is 35.5. The maximum absolute atomic E-state index is 11.9. The minimum atomic E-state index is -0.0537. The Morgan fingerprint density at radius 1 is 1.19 bits per heavy atom. The maximum atomic E-state index is 11.9. The molecule has 21 heavy (non-hydrogen) atoms. The van der Waals surface area contributed by atoms with Gasteiger partial charge in [-0.05, 0) is 43.7 Å². The van der Waals surface area contributed by atoms with Gasteiger partial charge in [-0.15, -0.1) is 12.4 Å². The van der Waals surface area contributed by atoms with Gasteiger partial charge < -0.3 is 15.4 Å². The van der Waals surface area contributed by atoms with Gasteiger partial charge in [0.2, 0.25) is 5.91 Å². The molecular formula is C16H27ClN2O2. The molecule has 0 fully saturated rings. The summed E-state index contributed by atoms with van der Waals surface area (Å²) in [6, 6.07) is 7.51. The highest BCUT2D eigenvalue weighted by Crippen LogP contribution is 2.17. The lowest BCUT2D eigenvalue weighted by Gasteiger charge is -2.12. The van der Waals surface area contributed by atoms with Crippen molar-refractivity contribution in [2.45, 2.75) is 27.2 Å². The lowest BCUT2D eigenvalue weighted by atomic mass is 10.1. The SMILES string of the molecule is CNCC(C)C(=O)Nc1ccc(OCCC(C)C)cc1.Cl. The number of amides is 1. The van der Waals surface area contributed by atoms with E-state index >= 15 is 0 Å². The molecule has 1 amide bonds. The molecule has 0 aromatic heterocycles. The maximum Gasteiger partial charge on any atom is 0.228 e. The smallest absolute Gasteiger partial charge is 0.228 e. The molecule has 4 nitrogen and oxygen atoms in total. The third-order valence-corrected chi connectivity index (χ3v) is 3.04. The largest absolute Gasteiger partial charge is 0.494 e. The van der Waals surface area contributed by atoms with E-state index in [4.69, 9.17) is 4.74 Å². The van der Waals surface area contributed by atoms with Gasteiger partial charge in [0.05, 0.1) is 6.61 Å². The topological polar surface area (TPSA) is 50.4 Å². The first-order chi connectivity index (χ1) is 9.52. The van der Waals surface area contributed by atoms with Crippen LogP contribution in [0.3, 0.4) is 0 Å². The van der Waals surface area contributed by atoms with E-state index in [1.807, 2.05) is 38.2 Å². The molecule has 0 bridgehead atoms. The first-order valence-electron chi connectivity index (χ1n) is 7.21. The third kappa shape index (κ3) is 7.93. The summed E-state index contributed by atoms with van der Waals surface area (Å²) in [4.78, 5) is 11.9. The summed E-state index contributed by atoms with van der Waals surface area (Å²) >= 11 is 0. The number of halogens is 1. The number of carbonyl (C=O) groups excluding carboxylic acids is 1. The summed E-state index contributed by atoms with van der Waals surface area (Å²) in [7, 11) is 1.84. The zero-order valence-electron chi connectivity index (χ0n) is 13.3. The fourth-order valence-electron chi connectivity index (χ4n) is 1.71. The quantitative estimate of drug-likeness (QED) is 0.774. The number of hydrogen-bond acceptors (Lipinski definition) is 3. The van der Waals surface area contributed by atoms with Crippen LogP contribution in [0.25, 0.3) is 0 Å². The van der Waals surface area contributed by atoms with Crippen molar-refractivity contribution in [2.75, 3.05) is 25.5 Å². The molecule has 0 heterocycles. The van der Waals surface area contributed by atoms with Gasteiger partial charge in [0.15, 0.2) is 0 Å². The Kier molecular flexibility index (Phi) is 9.84. The molecular weight excluding hydrogens is 288 g/mol. The molecule has 0 radical (unpaired) electrons. The van der Waals surface area contributed by atoms with Gasteiger partial charge in [0.1, 0.15) is 5.75 Å². The van der Waals surface area contributed by atoms with Crippen LogP contribution >= 0.6 is 12.4 Å². The molecule has 0 aliphatic heterocycles. The number of rotatable bonds is 8. The molecule has 0 aliphatic rings. The third-order valence-electron chi connectivity index (χ3n) is 3.04. The zero-order valence-corrected chi connectivity index (χ0v) is 14.1. The summed E-state index contributed by atoms with van der Waals surface area (Å²) in [6.45, 7) is 7.64. The average molecular weight is 315 g/mol. The molecule has 1 aromatic rings. The average Bonchev–Trinajstić information content (AvgIpc) is 2.40. The van der Waals surface area contributed by atoms with Crippen LogP contribution < -0.4 is 15.4 Å². The van der Waals surface area contributed by atoms with Crippen molar-refractivity contribution in [3.05, 3.63) is 24.3 Å². The molecule has 0 saturated carbocycles. The highest BCUT2D eigenvalue weighted by Gasteiger charge is 2.11. The summed E-state index contributed by atoms with van der Waals surface area (Å²) in [6.07, 6.45) is 1.04. The van der Waals surface area contributed by atoms with Crippen molar-refractivity contribution in [1.82, 2.24) is 5.32 Å². The monoisotopic (exact) mass is 314 g/mol. The van der Waals surface area contributed by atoms with Gasteiger partial charge in [-0.1, -0.05) is 20.8 Å². The lowest BCUT2D eigenvalue weighted by molar-refractivity contribution is -0.119. The van der Waals surface area contributed by atoms with Crippen LogP contribution in [0.1, 0.15) is 27.2 Å². The normalized spacial score (nSPS) is 11.7. The van der Waals surface area contributed by atoms with Gasteiger partial charge >= 0.3 is 0 Å². The minimum absolute atomic E-state index is 0. The number of nitrogens with one attached hydrogen (secondary N) is 2. The predicted molar refractivity (Wildman–Crippen MR) is 90.4 cm³/mol. The minimum Gasteiger partial charge on any atom is -0.494 e. The van der Waals surface area contributed by atoms with Crippen LogP contribution in [0.15, 0.2) is 24.3 Å². The Hall–Kier alpha value is -1.26. The Bertz CT molecular complexity index is 407. The number of ether oxygens (including phenoxy) is 1. The summed E-state index contributed by atoms with van der Waals surface area (Å²) in [5.41, 5.74) is 0.800. The van der Waals surface area contributed by atoms with E-state index in [1.165, 1.54) is 0 Å². The van der Waals surface area contributed by atoms with E-state index < -0.39 is 0 Å². The fourth-order valence-corrected chi connectivity index (χ4v) is 1.71. The van der Waals surface area contributed by atoms with Crippen LogP contribution in [0.5, 0.6) is 5.75 Å².